The molecule has 16 heavy (non-hydrogen) atoms. The summed E-state index contributed by atoms with van der Waals surface area (Å²) in [6, 6.07) is 4.02. The van der Waals surface area contributed by atoms with Crippen molar-refractivity contribution in [2.75, 3.05) is 0 Å². The van der Waals surface area contributed by atoms with E-state index in [2.05, 4.69) is 15.2 Å². The summed E-state index contributed by atoms with van der Waals surface area (Å²) in [4.78, 5) is 3.81. The molecule has 1 aromatic heterocycles. The summed E-state index contributed by atoms with van der Waals surface area (Å²) < 4.78 is 13.0. The van der Waals surface area contributed by atoms with Gasteiger partial charge in [-0.25, -0.2) is 9.37 Å². The predicted octanol–water partition coefficient (Wildman–Crippen LogP) is 1.87. The number of rotatable bonds is 3. The van der Waals surface area contributed by atoms with Gasteiger partial charge in [-0.05, 0) is 23.8 Å². The number of H-pyrrole nitrogens is 1. The number of hydrogen-bond donors (Lipinski definition) is 2. The minimum absolute atomic E-state index is 0.186. The van der Waals surface area contributed by atoms with Crippen LogP contribution in [0.1, 0.15) is 17.5 Å². The number of aliphatic hydroxyl groups is 1. The Balaban J connectivity index is 2.17. The Kier molecular flexibility index (Phi) is 3.17. The molecule has 6 heteroatoms. The van der Waals surface area contributed by atoms with Crippen molar-refractivity contribution >= 4 is 11.6 Å². The Morgan fingerprint density at radius 1 is 1.50 bits per heavy atom. The summed E-state index contributed by atoms with van der Waals surface area (Å²) in [6.45, 7) is 0. The first-order chi connectivity index (χ1) is 7.66. The van der Waals surface area contributed by atoms with Gasteiger partial charge in [0.05, 0.1) is 0 Å². The third kappa shape index (κ3) is 2.37. The lowest BCUT2D eigenvalue weighted by Crippen LogP contribution is -2.04. The number of benzene rings is 1. The standard InChI is InChI=1S/C10H9ClFN3O/c11-8-2-1-7(12)3-6(8)4-9(16)10-13-5-14-15-10/h1-3,5,9,16H,4H2,(H,13,14,15). The fourth-order valence-electron chi connectivity index (χ4n) is 1.38. The van der Waals surface area contributed by atoms with Crippen molar-refractivity contribution in [2.45, 2.75) is 12.5 Å². The zero-order valence-electron chi connectivity index (χ0n) is 8.19. The largest absolute Gasteiger partial charge is 0.385 e. The van der Waals surface area contributed by atoms with Crippen molar-refractivity contribution in [1.29, 1.82) is 0 Å². The van der Waals surface area contributed by atoms with Gasteiger partial charge in [0.2, 0.25) is 0 Å². The fourth-order valence-corrected chi connectivity index (χ4v) is 1.57. The lowest BCUT2D eigenvalue weighted by molar-refractivity contribution is 0.168. The van der Waals surface area contributed by atoms with Crippen LogP contribution in [-0.2, 0) is 6.42 Å². The molecule has 1 atom stereocenters. The first-order valence-electron chi connectivity index (χ1n) is 4.64. The maximum absolute atomic E-state index is 13.0. The minimum atomic E-state index is -0.873. The lowest BCUT2D eigenvalue weighted by atomic mass is 10.1. The van der Waals surface area contributed by atoms with Crippen LogP contribution in [0.4, 0.5) is 4.39 Å². The van der Waals surface area contributed by atoms with Gasteiger partial charge < -0.3 is 5.11 Å². The minimum Gasteiger partial charge on any atom is -0.385 e. The average Bonchev–Trinajstić information content (AvgIpc) is 2.76. The molecule has 0 aliphatic rings. The van der Waals surface area contributed by atoms with Gasteiger partial charge in [-0.2, -0.15) is 5.10 Å². The summed E-state index contributed by atoms with van der Waals surface area (Å²) >= 11 is 5.88. The number of aromatic amines is 1. The van der Waals surface area contributed by atoms with E-state index in [4.69, 9.17) is 11.6 Å². The quantitative estimate of drug-likeness (QED) is 0.863. The number of nitrogens with zero attached hydrogens (tertiary/aromatic N) is 2. The number of hydrogen-bond acceptors (Lipinski definition) is 3. The SMILES string of the molecule is OC(Cc1cc(F)ccc1Cl)c1ncn[nH]1. The van der Waals surface area contributed by atoms with Gasteiger partial charge in [-0.3, -0.25) is 5.10 Å². The molecule has 0 aliphatic carbocycles. The Morgan fingerprint density at radius 3 is 3.00 bits per heavy atom. The molecule has 4 nitrogen and oxygen atoms in total. The molecule has 84 valence electrons. The van der Waals surface area contributed by atoms with Gasteiger partial charge in [0, 0.05) is 11.4 Å². The second-order valence-corrected chi connectivity index (χ2v) is 3.73. The molecule has 0 amide bonds. The molecule has 0 aliphatic heterocycles. The van der Waals surface area contributed by atoms with Crippen molar-refractivity contribution in [3.63, 3.8) is 0 Å². The second kappa shape index (κ2) is 4.59. The number of nitrogens with one attached hydrogen (secondary N) is 1. The first kappa shape index (κ1) is 11.0. The van der Waals surface area contributed by atoms with E-state index in [9.17, 15) is 9.50 Å². The Hall–Kier alpha value is -1.46. The number of aromatic nitrogens is 3. The smallest absolute Gasteiger partial charge is 0.153 e. The first-order valence-corrected chi connectivity index (χ1v) is 5.02. The van der Waals surface area contributed by atoms with E-state index in [1.165, 1.54) is 24.5 Å². The highest BCUT2D eigenvalue weighted by Crippen LogP contribution is 2.22. The van der Waals surface area contributed by atoms with E-state index in [-0.39, 0.29) is 12.2 Å². The maximum atomic E-state index is 13.0. The molecule has 0 fully saturated rings. The Labute approximate surface area is 96.1 Å². The highest BCUT2D eigenvalue weighted by molar-refractivity contribution is 6.31. The molecule has 0 radical (unpaired) electrons. The molecule has 1 aromatic carbocycles. The highest BCUT2D eigenvalue weighted by Gasteiger charge is 2.13. The molecule has 0 spiro atoms. The normalized spacial score (nSPS) is 12.7. The van der Waals surface area contributed by atoms with E-state index >= 15 is 0 Å². The van der Waals surface area contributed by atoms with Crippen molar-refractivity contribution in [3.05, 3.63) is 46.8 Å². The van der Waals surface area contributed by atoms with Gasteiger partial charge in [0.25, 0.3) is 0 Å². The van der Waals surface area contributed by atoms with E-state index < -0.39 is 6.10 Å². The summed E-state index contributed by atoms with van der Waals surface area (Å²) in [6.07, 6.45) is 0.610. The molecule has 0 saturated heterocycles. The van der Waals surface area contributed by atoms with Gasteiger partial charge in [-0.15, -0.1) is 0 Å². The van der Waals surface area contributed by atoms with Crippen LogP contribution in [-0.4, -0.2) is 20.3 Å². The van der Waals surface area contributed by atoms with E-state index in [1.807, 2.05) is 0 Å². The zero-order valence-corrected chi connectivity index (χ0v) is 8.95. The molecule has 1 heterocycles. The van der Waals surface area contributed by atoms with Crippen LogP contribution in [0.5, 0.6) is 0 Å². The van der Waals surface area contributed by atoms with E-state index in [0.29, 0.717) is 16.4 Å². The molecule has 2 N–H and O–H groups in total. The van der Waals surface area contributed by atoms with Gasteiger partial charge in [0.15, 0.2) is 5.82 Å². The van der Waals surface area contributed by atoms with Crippen LogP contribution >= 0.6 is 11.6 Å². The van der Waals surface area contributed by atoms with Crippen LogP contribution in [0.25, 0.3) is 0 Å². The monoisotopic (exact) mass is 241 g/mol. The lowest BCUT2D eigenvalue weighted by Gasteiger charge is -2.08. The topological polar surface area (TPSA) is 61.8 Å². The van der Waals surface area contributed by atoms with Gasteiger partial charge in [0.1, 0.15) is 18.2 Å². The molecular weight excluding hydrogens is 233 g/mol. The fraction of sp³-hybridized carbons (Fsp3) is 0.200. The van der Waals surface area contributed by atoms with Crippen LogP contribution < -0.4 is 0 Å². The van der Waals surface area contributed by atoms with E-state index in [0.717, 1.165) is 0 Å². The Morgan fingerprint density at radius 2 is 2.31 bits per heavy atom. The predicted molar refractivity (Wildman–Crippen MR) is 56.5 cm³/mol. The van der Waals surface area contributed by atoms with E-state index in [1.54, 1.807) is 0 Å². The molecule has 0 saturated carbocycles. The average molecular weight is 242 g/mol. The number of halogens is 2. The summed E-state index contributed by atoms with van der Waals surface area (Å²) in [7, 11) is 0. The van der Waals surface area contributed by atoms with Crippen LogP contribution in [0.15, 0.2) is 24.5 Å². The van der Waals surface area contributed by atoms with Crippen molar-refractivity contribution < 1.29 is 9.50 Å². The third-order valence-corrected chi connectivity index (χ3v) is 2.54. The molecule has 0 bridgehead atoms. The third-order valence-electron chi connectivity index (χ3n) is 2.17. The zero-order chi connectivity index (χ0) is 11.5. The maximum Gasteiger partial charge on any atom is 0.153 e. The van der Waals surface area contributed by atoms with Gasteiger partial charge >= 0.3 is 0 Å². The number of aliphatic hydroxyl groups excluding tert-OH is 1. The highest BCUT2D eigenvalue weighted by atomic mass is 35.5. The van der Waals surface area contributed by atoms with Crippen LogP contribution in [0.2, 0.25) is 5.02 Å². The molecule has 1 unspecified atom stereocenters. The van der Waals surface area contributed by atoms with Gasteiger partial charge in [-0.1, -0.05) is 11.6 Å². The second-order valence-electron chi connectivity index (χ2n) is 3.33. The molecule has 2 rings (SSSR count). The molecule has 2 aromatic rings. The van der Waals surface area contributed by atoms with Crippen molar-refractivity contribution in [1.82, 2.24) is 15.2 Å². The Bertz CT molecular complexity index is 475. The van der Waals surface area contributed by atoms with Crippen LogP contribution in [0.3, 0.4) is 0 Å². The summed E-state index contributed by atoms with van der Waals surface area (Å²) in [5.41, 5.74) is 0.533. The van der Waals surface area contributed by atoms with Crippen LogP contribution in [0, 0.1) is 5.82 Å². The summed E-state index contributed by atoms with van der Waals surface area (Å²) in [5, 5.41) is 16.3. The van der Waals surface area contributed by atoms with Crippen molar-refractivity contribution in [2.24, 2.45) is 0 Å². The summed E-state index contributed by atoms with van der Waals surface area (Å²) in [5.74, 6) is -0.0514. The van der Waals surface area contributed by atoms with Crippen molar-refractivity contribution in [3.8, 4) is 0 Å². The molecular formula is C10H9ClFN3O.